The molecule has 0 bridgehead atoms. The Kier molecular flexibility index (Phi) is 4.51. The van der Waals surface area contributed by atoms with Gasteiger partial charge in [0.1, 0.15) is 0 Å². The second-order valence-electron chi connectivity index (χ2n) is 6.19. The lowest BCUT2D eigenvalue weighted by Crippen LogP contribution is -2.45. The summed E-state index contributed by atoms with van der Waals surface area (Å²) in [6, 6.07) is 8.09. The van der Waals surface area contributed by atoms with Crippen LogP contribution < -0.4 is 0 Å². The number of hydrogen-bond donors (Lipinski definition) is 1. The molecule has 4 heteroatoms. The van der Waals surface area contributed by atoms with Crippen molar-refractivity contribution >= 4 is 17.5 Å². The fraction of sp³-hybridized carbons (Fsp3) is 0.588. The molecule has 21 heavy (non-hydrogen) atoms. The van der Waals surface area contributed by atoms with Crippen LogP contribution in [0.5, 0.6) is 0 Å². The van der Waals surface area contributed by atoms with E-state index >= 15 is 0 Å². The van der Waals surface area contributed by atoms with Crippen molar-refractivity contribution in [1.29, 1.82) is 0 Å². The minimum Gasteiger partial charge on any atom is -0.396 e. The largest absolute Gasteiger partial charge is 0.396 e. The Hall–Kier alpha value is -1.06. The van der Waals surface area contributed by atoms with Crippen LogP contribution in [0, 0.1) is 5.92 Å². The number of piperidine rings is 1. The second-order valence-corrected chi connectivity index (χ2v) is 6.63. The lowest BCUT2D eigenvalue weighted by atomic mass is 9.98. The number of amides is 1. The third-order valence-corrected chi connectivity index (χ3v) is 5.03. The minimum absolute atomic E-state index is 0.130. The summed E-state index contributed by atoms with van der Waals surface area (Å²) in [7, 11) is 0. The highest BCUT2D eigenvalue weighted by Gasteiger charge is 2.46. The maximum atomic E-state index is 12.7. The lowest BCUT2D eigenvalue weighted by Gasteiger charge is -2.36. The van der Waals surface area contributed by atoms with Crippen LogP contribution in [0.3, 0.4) is 0 Å². The molecule has 1 N–H and O–H groups in total. The summed E-state index contributed by atoms with van der Waals surface area (Å²) in [5, 5.41) is 9.92. The molecule has 0 spiro atoms. The first-order chi connectivity index (χ1) is 10.2. The van der Waals surface area contributed by atoms with Gasteiger partial charge in [0.15, 0.2) is 0 Å². The molecule has 2 fully saturated rings. The summed E-state index contributed by atoms with van der Waals surface area (Å²) in [5.41, 5.74) is 1.22. The maximum absolute atomic E-state index is 12.7. The molecule has 1 saturated heterocycles. The molecule has 3 atom stereocenters. The molecule has 3 nitrogen and oxygen atoms in total. The van der Waals surface area contributed by atoms with Gasteiger partial charge in [0, 0.05) is 30.1 Å². The van der Waals surface area contributed by atoms with Crippen LogP contribution in [0.25, 0.3) is 0 Å². The molecule has 0 aromatic heterocycles. The van der Waals surface area contributed by atoms with Crippen LogP contribution in [-0.2, 0) is 4.79 Å². The first kappa shape index (κ1) is 14.9. The quantitative estimate of drug-likeness (QED) is 0.928. The molecule has 1 aromatic rings. The number of aliphatic hydroxyl groups excluding tert-OH is 1. The van der Waals surface area contributed by atoms with E-state index in [1.807, 2.05) is 29.2 Å². The normalized spacial score (nSPS) is 28.5. The molecule has 1 amide bonds. The van der Waals surface area contributed by atoms with Gasteiger partial charge in [-0.05, 0) is 55.7 Å². The summed E-state index contributed by atoms with van der Waals surface area (Å²) in [4.78, 5) is 14.7. The third kappa shape index (κ3) is 3.24. The van der Waals surface area contributed by atoms with Crippen LogP contribution in [0.1, 0.15) is 43.6 Å². The van der Waals surface area contributed by atoms with Gasteiger partial charge < -0.3 is 10.0 Å². The van der Waals surface area contributed by atoms with Crippen molar-refractivity contribution < 1.29 is 9.90 Å². The van der Waals surface area contributed by atoms with E-state index in [0.29, 0.717) is 12.3 Å². The number of nitrogens with zero attached hydrogens (tertiary/aromatic N) is 1. The van der Waals surface area contributed by atoms with Crippen LogP contribution >= 0.6 is 11.6 Å². The van der Waals surface area contributed by atoms with Gasteiger partial charge in [-0.3, -0.25) is 4.79 Å². The zero-order chi connectivity index (χ0) is 14.8. The van der Waals surface area contributed by atoms with E-state index < -0.39 is 0 Å². The van der Waals surface area contributed by atoms with E-state index in [0.717, 1.165) is 30.8 Å². The van der Waals surface area contributed by atoms with E-state index in [2.05, 4.69) is 0 Å². The fourth-order valence-corrected chi connectivity index (χ4v) is 3.63. The molecule has 0 radical (unpaired) electrons. The standard InChI is InChI=1S/C17H22ClNO2/c18-13-6-4-12(5-7-13)15-11-16(15)17(21)19-9-2-1-3-14(19)8-10-20/h4-7,14-16,20H,1-3,8-11H2. The first-order valence-corrected chi connectivity index (χ1v) is 8.25. The Morgan fingerprint density at radius 2 is 2.05 bits per heavy atom. The zero-order valence-electron chi connectivity index (χ0n) is 12.2. The van der Waals surface area contributed by atoms with Crippen molar-refractivity contribution in [3.05, 3.63) is 34.9 Å². The van der Waals surface area contributed by atoms with Crippen LogP contribution in [0.2, 0.25) is 5.02 Å². The summed E-state index contributed by atoms with van der Waals surface area (Å²) >= 11 is 5.91. The number of halogens is 1. The molecule has 1 aromatic carbocycles. The van der Waals surface area contributed by atoms with Crippen LogP contribution in [0.4, 0.5) is 0 Å². The number of carbonyl (C=O) groups excluding carboxylic acids is 1. The Morgan fingerprint density at radius 3 is 2.76 bits per heavy atom. The Morgan fingerprint density at radius 1 is 1.29 bits per heavy atom. The lowest BCUT2D eigenvalue weighted by molar-refractivity contribution is -0.136. The van der Waals surface area contributed by atoms with Crippen molar-refractivity contribution in [2.24, 2.45) is 5.92 Å². The topological polar surface area (TPSA) is 40.5 Å². The predicted octanol–water partition coefficient (Wildman–Crippen LogP) is 3.21. The molecular formula is C17H22ClNO2. The molecular weight excluding hydrogens is 286 g/mol. The number of benzene rings is 1. The Labute approximate surface area is 130 Å². The first-order valence-electron chi connectivity index (χ1n) is 7.87. The average Bonchev–Trinajstić information content (AvgIpc) is 3.29. The van der Waals surface area contributed by atoms with Gasteiger partial charge in [0.05, 0.1) is 0 Å². The molecule has 1 saturated carbocycles. The average molecular weight is 308 g/mol. The van der Waals surface area contributed by atoms with Gasteiger partial charge in [-0.25, -0.2) is 0 Å². The number of hydrogen-bond acceptors (Lipinski definition) is 2. The molecule has 3 rings (SSSR count). The van der Waals surface area contributed by atoms with Crippen molar-refractivity contribution in [1.82, 2.24) is 4.90 Å². The van der Waals surface area contributed by atoms with Gasteiger partial charge >= 0.3 is 0 Å². The van der Waals surface area contributed by atoms with Crippen LogP contribution in [0.15, 0.2) is 24.3 Å². The highest BCUT2D eigenvalue weighted by molar-refractivity contribution is 6.30. The summed E-state index contributed by atoms with van der Waals surface area (Å²) in [5.74, 6) is 0.769. The van der Waals surface area contributed by atoms with Gasteiger partial charge in [-0.1, -0.05) is 23.7 Å². The van der Waals surface area contributed by atoms with Crippen molar-refractivity contribution in [2.75, 3.05) is 13.2 Å². The van der Waals surface area contributed by atoms with Crippen molar-refractivity contribution in [2.45, 2.75) is 44.1 Å². The van der Waals surface area contributed by atoms with E-state index in [1.54, 1.807) is 0 Å². The monoisotopic (exact) mass is 307 g/mol. The highest BCUT2D eigenvalue weighted by Crippen LogP contribution is 2.49. The molecule has 1 heterocycles. The van der Waals surface area contributed by atoms with Crippen LogP contribution in [-0.4, -0.2) is 35.1 Å². The second kappa shape index (κ2) is 6.37. The molecule has 1 aliphatic heterocycles. The van der Waals surface area contributed by atoms with E-state index in [9.17, 15) is 9.90 Å². The van der Waals surface area contributed by atoms with Gasteiger partial charge in [-0.15, -0.1) is 0 Å². The highest BCUT2D eigenvalue weighted by atomic mass is 35.5. The van der Waals surface area contributed by atoms with E-state index in [1.165, 1.54) is 12.0 Å². The number of carbonyl (C=O) groups is 1. The SMILES string of the molecule is O=C(C1CC1c1ccc(Cl)cc1)N1CCCCC1CCO. The summed E-state index contributed by atoms with van der Waals surface area (Å²) in [6.45, 7) is 1.02. The van der Waals surface area contributed by atoms with Gasteiger partial charge in [-0.2, -0.15) is 0 Å². The third-order valence-electron chi connectivity index (χ3n) is 4.78. The van der Waals surface area contributed by atoms with Gasteiger partial charge in [0.25, 0.3) is 0 Å². The fourth-order valence-electron chi connectivity index (χ4n) is 3.50. The van der Waals surface area contributed by atoms with Crippen molar-refractivity contribution in [3.63, 3.8) is 0 Å². The molecule has 1 aliphatic carbocycles. The number of likely N-dealkylation sites (tertiary alicyclic amines) is 1. The summed E-state index contributed by atoms with van der Waals surface area (Å²) in [6.07, 6.45) is 4.95. The van der Waals surface area contributed by atoms with E-state index in [4.69, 9.17) is 11.6 Å². The number of aliphatic hydroxyl groups is 1. The maximum Gasteiger partial charge on any atom is 0.226 e. The Balaban J connectivity index is 1.64. The Bertz CT molecular complexity index is 500. The predicted molar refractivity (Wildman–Crippen MR) is 83.4 cm³/mol. The van der Waals surface area contributed by atoms with Crippen molar-refractivity contribution in [3.8, 4) is 0 Å². The zero-order valence-corrected chi connectivity index (χ0v) is 12.9. The molecule has 114 valence electrons. The van der Waals surface area contributed by atoms with E-state index in [-0.39, 0.29) is 24.5 Å². The molecule has 3 unspecified atom stereocenters. The minimum atomic E-state index is 0.130. The summed E-state index contributed by atoms with van der Waals surface area (Å²) < 4.78 is 0. The number of rotatable bonds is 4. The smallest absolute Gasteiger partial charge is 0.226 e. The molecule has 2 aliphatic rings. The van der Waals surface area contributed by atoms with Gasteiger partial charge in [0.2, 0.25) is 5.91 Å².